The van der Waals surface area contributed by atoms with E-state index in [4.69, 9.17) is 0 Å². The van der Waals surface area contributed by atoms with Gasteiger partial charge in [-0.25, -0.2) is 27.8 Å². The largest absolute Gasteiger partial charge is 0.381 e. The molecule has 1 aliphatic heterocycles. The number of carbonyl (C=O) groups is 1. The summed E-state index contributed by atoms with van der Waals surface area (Å²) < 4.78 is 47.3. The molecule has 13 heteroatoms. The van der Waals surface area contributed by atoms with Crippen molar-refractivity contribution >= 4 is 17.4 Å². The van der Waals surface area contributed by atoms with Crippen molar-refractivity contribution in [2.45, 2.75) is 25.1 Å². The van der Waals surface area contributed by atoms with Gasteiger partial charge >= 0.3 is 0 Å². The summed E-state index contributed by atoms with van der Waals surface area (Å²) in [5.41, 5.74) is -1.20. The van der Waals surface area contributed by atoms with Crippen LogP contribution in [0.15, 0.2) is 55.1 Å². The van der Waals surface area contributed by atoms with E-state index in [0.29, 0.717) is 37.6 Å². The standard InChI is InChI=1S/C25H24F3N7O2S/c1-16(25(37,13-35-15-29-14-30-35)20-7-6-19(27)12-21(20)28)33-8-10-34(11-9-33)24(36)23-31-22(32-38-23)17-2-4-18(26)5-3-17/h2-7,12,14-16,37H,8-11,13H2,1H3/t16-,25-/m1/s1. The van der Waals surface area contributed by atoms with Crippen LogP contribution in [0.3, 0.4) is 0 Å². The Hall–Kier alpha value is -3.68. The number of hydrogen-bond acceptors (Lipinski definition) is 8. The van der Waals surface area contributed by atoms with Gasteiger partial charge in [-0.3, -0.25) is 9.69 Å². The molecule has 9 nitrogen and oxygen atoms in total. The highest BCUT2D eigenvalue weighted by atomic mass is 32.1. The third kappa shape index (κ3) is 5.17. The van der Waals surface area contributed by atoms with Crippen molar-refractivity contribution in [3.05, 3.63) is 83.1 Å². The quantitative estimate of drug-likeness (QED) is 0.383. The molecule has 0 saturated carbocycles. The van der Waals surface area contributed by atoms with E-state index in [-0.39, 0.29) is 28.8 Å². The number of amides is 1. The molecule has 5 rings (SSSR count). The number of aliphatic hydroxyl groups is 1. The normalized spacial score (nSPS) is 16.8. The van der Waals surface area contributed by atoms with Gasteiger partial charge in [0.1, 0.15) is 35.7 Å². The highest BCUT2D eigenvalue weighted by Gasteiger charge is 2.43. The van der Waals surface area contributed by atoms with Crippen molar-refractivity contribution in [1.29, 1.82) is 0 Å². The average Bonchev–Trinajstić information content (AvgIpc) is 3.61. The topological polar surface area (TPSA) is 100 Å². The second kappa shape index (κ2) is 10.6. The fourth-order valence-corrected chi connectivity index (χ4v) is 5.27. The third-order valence-corrected chi connectivity index (χ3v) is 7.52. The van der Waals surface area contributed by atoms with Gasteiger partial charge in [0.2, 0.25) is 5.01 Å². The van der Waals surface area contributed by atoms with Crippen LogP contribution in [-0.2, 0) is 12.1 Å². The maximum Gasteiger partial charge on any atom is 0.284 e. The first kappa shape index (κ1) is 25.9. The Labute approximate surface area is 220 Å². The number of hydrogen-bond donors (Lipinski definition) is 1. The fourth-order valence-electron chi connectivity index (χ4n) is 4.62. The molecule has 0 aliphatic carbocycles. The Kier molecular flexibility index (Phi) is 7.23. The predicted molar refractivity (Wildman–Crippen MR) is 133 cm³/mol. The number of piperazine rings is 1. The molecule has 3 heterocycles. The maximum absolute atomic E-state index is 14.9. The number of rotatable bonds is 7. The van der Waals surface area contributed by atoms with Gasteiger partial charge in [0.15, 0.2) is 5.82 Å². The Morgan fingerprint density at radius 2 is 1.79 bits per heavy atom. The van der Waals surface area contributed by atoms with E-state index in [0.717, 1.165) is 23.7 Å². The molecule has 0 bridgehead atoms. The zero-order valence-corrected chi connectivity index (χ0v) is 21.2. The average molecular weight is 544 g/mol. The minimum Gasteiger partial charge on any atom is -0.381 e. The van der Waals surface area contributed by atoms with Crippen LogP contribution in [0.25, 0.3) is 11.4 Å². The van der Waals surface area contributed by atoms with Crippen LogP contribution in [0, 0.1) is 17.5 Å². The van der Waals surface area contributed by atoms with Crippen LogP contribution in [0.1, 0.15) is 22.3 Å². The van der Waals surface area contributed by atoms with Crippen LogP contribution in [0.2, 0.25) is 0 Å². The zero-order chi connectivity index (χ0) is 26.9. The molecule has 2 atom stereocenters. The molecule has 1 saturated heterocycles. The second-order valence-corrected chi connectivity index (χ2v) is 9.83. The van der Waals surface area contributed by atoms with Crippen molar-refractivity contribution in [1.82, 2.24) is 33.9 Å². The Morgan fingerprint density at radius 3 is 2.45 bits per heavy atom. The summed E-state index contributed by atoms with van der Waals surface area (Å²) in [6.45, 7) is 3.15. The first-order valence-corrected chi connectivity index (χ1v) is 12.7. The summed E-state index contributed by atoms with van der Waals surface area (Å²) in [6, 6.07) is 8.19. The van der Waals surface area contributed by atoms with Crippen LogP contribution < -0.4 is 0 Å². The minimum atomic E-state index is -1.76. The molecule has 0 unspecified atom stereocenters. The summed E-state index contributed by atoms with van der Waals surface area (Å²) in [5, 5.41) is 16.1. The van der Waals surface area contributed by atoms with E-state index >= 15 is 0 Å². The first-order valence-electron chi connectivity index (χ1n) is 11.9. The summed E-state index contributed by atoms with van der Waals surface area (Å²) in [6.07, 6.45) is 2.73. The van der Waals surface area contributed by atoms with Crippen molar-refractivity contribution in [3.63, 3.8) is 0 Å². The molecule has 0 spiro atoms. The molecule has 38 heavy (non-hydrogen) atoms. The first-order chi connectivity index (χ1) is 18.2. The molecule has 1 aliphatic rings. The molecule has 0 radical (unpaired) electrons. The smallest absolute Gasteiger partial charge is 0.284 e. The van der Waals surface area contributed by atoms with E-state index in [2.05, 4.69) is 19.4 Å². The molecule has 1 amide bonds. The number of aromatic nitrogens is 5. The lowest BCUT2D eigenvalue weighted by molar-refractivity contribution is -0.0719. The van der Waals surface area contributed by atoms with E-state index in [1.807, 2.05) is 4.90 Å². The Morgan fingerprint density at radius 1 is 1.08 bits per heavy atom. The Balaban J connectivity index is 1.30. The summed E-state index contributed by atoms with van der Waals surface area (Å²) in [4.78, 5) is 24.9. The summed E-state index contributed by atoms with van der Waals surface area (Å²) in [7, 11) is 0. The van der Waals surface area contributed by atoms with Gasteiger partial charge in [0.05, 0.1) is 6.54 Å². The van der Waals surface area contributed by atoms with Crippen molar-refractivity contribution in [2.24, 2.45) is 0 Å². The molecule has 1 fully saturated rings. The van der Waals surface area contributed by atoms with Gasteiger partial charge in [0.25, 0.3) is 5.91 Å². The molecule has 1 N–H and O–H groups in total. The predicted octanol–water partition coefficient (Wildman–Crippen LogP) is 2.95. The number of benzene rings is 2. The zero-order valence-electron chi connectivity index (χ0n) is 20.3. The monoisotopic (exact) mass is 543 g/mol. The van der Waals surface area contributed by atoms with Gasteiger partial charge in [-0.1, -0.05) is 6.07 Å². The minimum absolute atomic E-state index is 0.0532. The third-order valence-electron chi connectivity index (χ3n) is 6.82. The van der Waals surface area contributed by atoms with E-state index in [1.54, 1.807) is 24.0 Å². The van der Waals surface area contributed by atoms with Crippen LogP contribution in [-0.4, -0.2) is 77.2 Å². The fraction of sp³-hybridized carbons (Fsp3) is 0.320. The van der Waals surface area contributed by atoms with Gasteiger partial charge in [-0.2, -0.15) is 9.47 Å². The lowest BCUT2D eigenvalue weighted by Gasteiger charge is -2.44. The van der Waals surface area contributed by atoms with Crippen molar-refractivity contribution in [3.8, 4) is 11.4 Å². The van der Waals surface area contributed by atoms with Gasteiger partial charge in [-0.15, -0.1) is 0 Å². The van der Waals surface area contributed by atoms with E-state index < -0.39 is 23.3 Å². The van der Waals surface area contributed by atoms with E-state index in [1.165, 1.54) is 35.5 Å². The molecular weight excluding hydrogens is 519 g/mol. The van der Waals surface area contributed by atoms with Crippen molar-refractivity contribution in [2.75, 3.05) is 26.2 Å². The number of halogens is 3. The Bertz CT molecular complexity index is 1410. The van der Waals surface area contributed by atoms with Crippen LogP contribution >= 0.6 is 11.5 Å². The maximum atomic E-state index is 14.9. The highest BCUT2D eigenvalue weighted by Crippen LogP contribution is 2.33. The summed E-state index contributed by atoms with van der Waals surface area (Å²) in [5.74, 6) is -1.90. The summed E-state index contributed by atoms with van der Waals surface area (Å²) >= 11 is 0.976. The number of nitrogens with zero attached hydrogens (tertiary/aromatic N) is 7. The lowest BCUT2D eigenvalue weighted by Crippen LogP contribution is -2.58. The lowest BCUT2D eigenvalue weighted by atomic mass is 9.85. The molecule has 2 aromatic carbocycles. The van der Waals surface area contributed by atoms with Gasteiger partial charge in [-0.05, 0) is 48.8 Å². The van der Waals surface area contributed by atoms with Gasteiger partial charge < -0.3 is 10.0 Å². The number of carbonyl (C=O) groups excluding carboxylic acids is 1. The van der Waals surface area contributed by atoms with Crippen molar-refractivity contribution < 1.29 is 23.1 Å². The molecule has 2 aromatic heterocycles. The van der Waals surface area contributed by atoms with E-state index in [9.17, 15) is 23.1 Å². The van der Waals surface area contributed by atoms with Crippen LogP contribution in [0.5, 0.6) is 0 Å². The second-order valence-electron chi connectivity index (χ2n) is 9.08. The van der Waals surface area contributed by atoms with Crippen LogP contribution in [0.4, 0.5) is 13.2 Å². The molecular formula is C25H24F3N7O2S. The van der Waals surface area contributed by atoms with Gasteiger partial charge in [0, 0.05) is 49.4 Å². The highest BCUT2D eigenvalue weighted by molar-refractivity contribution is 7.07. The molecule has 4 aromatic rings. The SMILES string of the molecule is C[C@@H](N1CCN(C(=O)c2nc(-c3ccc(F)cc3)ns2)CC1)[C@](O)(Cn1cncn1)c1ccc(F)cc1F. The molecule has 198 valence electrons.